The maximum atomic E-state index is 10.7. The van der Waals surface area contributed by atoms with E-state index >= 15 is 0 Å². The number of carbonyl (C=O) groups excluding carboxylic acids is 1. The van der Waals surface area contributed by atoms with Crippen molar-refractivity contribution >= 4 is 5.91 Å². The minimum atomic E-state index is -0.723. The van der Waals surface area contributed by atoms with Crippen molar-refractivity contribution in [3.8, 4) is 0 Å². The Morgan fingerprint density at radius 1 is 1.67 bits per heavy atom. The molecule has 1 fully saturated rings. The number of hydrogen-bond acceptors (Lipinski definition) is 4. The molecule has 0 aromatic heterocycles. The van der Waals surface area contributed by atoms with Crippen LogP contribution in [0.2, 0.25) is 0 Å². The van der Waals surface area contributed by atoms with Crippen LogP contribution in [0.25, 0.3) is 0 Å². The summed E-state index contributed by atoms with van der Waals surface area (Å²) in [6.07, 6.45) is -1.17. The second kappa shape index (κ2) is 3.84. The number of rotatable bonds is 2. The molecule has 0 spiro atoms. The van der Waals surface area contributed by atoms with E-state index in [-0.39, 0.29) is 6.42 Å². The van der Waals surface area contributed by atoms with Crippen LogP contribution >= 0.6 is 0 Å². The van der Waals surface area contributed by atoms with Crippen LogP contribution in [0.3, 0.4) is 0 Å². The van der Waals surface area contributed by atoms with Gasteiger partial charge in [-0.15, -0.1) is 0 Å². The molecule has 1 aliphatic heterocycles. The van der Waals surface area contributed by atoms with E-state index in [0.29, 0.717) is 6.42 Å². The summed E-state index contributed by atoms with van der Waals surface area (Å²) in [6.45, 7) is 0. The summed E-state index contributed by atoms with van der Waals surface area (Å²) in [5, 5.41) is 9.26. The third-order valence-corrected chi connectivity index (χ3v) is 1.85. The van der Waals surface area contributed by atoms with Crippen LogP contribution in [0.4, 0.5) is 0 Å². The summed E-state index contributed by atoms with van der Waals surface area (Å²) >= 11 is 0. The van der Waals surface area contributed by atoms with Crippen LogP contribution < -0.4 is 5.73 Å². The number of aliphatic hydroxyl groups excluding tert-OH is 1. The number of hydrogen-bond donors (Lipinski definition) is 2. The number of amides is 1. The molecule has 1 heterocycles. The summed E-state index contributed by atoms with van der Waals surface area (Å²) in [6, 6.07) is 0. The van der Waals surface area contributed by atoms with E-state index in [4.69, 9.17) is 15.2 Å². The fraction of sp³-hybridized carbons (Fsp3) is 0.857. The highest BCUT2D eigenvalue weighted by Gasteiger charge is 2.31. The second-order valence-corrected chi connectivity index (χ2v) is 2.82. The van der Waals surface area contributed by atoms with Crippen molar-refractivity contribution in [2.24, 2.45) is 5.73 Å². The molecule has 1 amide bonds. The molecule has 0 aliphatic carbocycles. The summed E-state index contributed by atoms with van der Waals surface area (Å²) in [5.74, 6) is -0.559. The highest BCUT2D eigenvalue weighted by atomic mass is 16.7. The molecule has 1 aliphatic rings. The van der Waals surface area contributed by atoms with Gasteiger partial charge in [-0.3, -0.25) is 4.79 Å². The minimum absolute atomic E-state index is 0.259. The third-order valence-electron chi connectivity index (χ3n) is 1.85. The third kappa shape index (κ3) is 2.17. The maximum absolute atomic E-state index is 10.7. The molecule has 5 nitrogen and oxygen atoms in total. The number of ether oxygens (including phenoxy) is 2. The second-order valence-electron chi connectivity index (χ2n) is 2.82. The molecule has 70 valence electrons. The molecule has 0 radical (unpaired) electrons. The van der Waals surface area contributed by atoms with Gasteiger partial charge in [-0.25, -0.2) is 0 Å². The lowest BCUT2D eigenvalue weighted by Gasteiger charge is -2.30. The van der Waals surface area contributed by atoms with Gasteiger partial charge in [0.25, 0.3) is 0 Å². The number of nitrogens with two attached hydrogens (primary N) is 1. The molecule has 0 aromatic rings. The van der Waals surface area contributed by atoms with Crippen molar-refractivity contribution in [1.82, 2.24) is 0 Å². The number of methoxy groups -OCH3 is 1. The zero-order valence-electron chi connectivity index (χ0n) is 6.90. The van der Waals surface area contributed by atoms with Gasteiger partial charge in [-0.1, -0.05) is 0 Å². The predicted octanol–water partition coefficient (Wildman–Crippen LogP) is -1.02. The summed E-state index contributed by atoms with van der Waals surface area (Å²) in [7, 11) is 1.46. The summed E-state index contributed by atoms with van der Waals surface area (Å²) in [5.41, 5.74) is 5.02. The highest BCUT2D eigenvalue weighted by Crippen LogP contribution is 2.19. The van der Waals surface area contributed by atoms with Gasteiger partial charge in [-0.05, 0) is 0 Å². The molecule has 0 saturated carbocycles. The van der Waals surface area contributed by atoms with Crippen molar-refractivity contribution in [1.29, 1.82) is 0 Å². The van der Waals surface area contributed by atoms with Gasteiger partial charge in [-0.2, -0.15) is 0 Å². The molecule has 0 bridgehead atoms. The first kappa shape index (κ1) is 9.44. The fourth-order valence-electron chi connectivity index (χ4n) is 1.19. The maximum Gasteiger partial charge on any atom is 0.246 e. The molecule has 1 saturated heterocycles. The van der Waals surface area contributed by atoms with Crippen LogP contribution in [-0.2, 0) is 14.3 Å². The first-order valence-corrected chi connectivity index (χ1v) is 3.79. The highest BCUT2D eigenvalue weighted by molar-refractivity contribution is 5.78. The Labute approximate surface area is 70.4 Å². The molecule has 3 unspecified atom stereocenters. The van der Waals surface area contributed by atoms with E-state index in [1.807, 2.05) is 0 Å². The Hall–Kier alpha value is -0.650. The predicted molar refractivity (Wildman–Crippen MR) is 40.1 cm³/mol. The van der Waals surface area contributed by atoms with Gasteiger partial charge in [0.15, 0.2) is 6.29 Å². The van der Waals surface area contributed by atoms with Crippen LogP contribution in [-0.4, -0.2) is 36.6 Å². The van der Waals surface area contributed by atoms with Crippen LogP contribution in [0, 0.1) is 0 Å². The molecule has 12 heavy (non-hydrogen) atoms. The zero-order valence-corrected chi connectivity index (χ0v) is 6.90. The summed E-state index contributed by atoms with van der Waals surface area (Å²) in [4.78, 5) is 10.7. The molecule has 3 atom stereocenters. The van der Waals surface area contributed by atoms with Crippen molar-refractivity contribution in [3.63, 3.8) is 0 Å². The van der Waals surface area contributed by atoms with Gasteiger partial charge < -0.3 is 20.3 Å². The Balaban J connectivity index is 2.51. The molecule has 5 heteroatoms. The van der Waals surface area contributed by atoms with Crippen molar-refractivity contribution in [2.45, 2.75) is 31.3 Å². The van der Waals surface area contributed by atoms with Crippen molar-refractivity contribution < 1.29 is 19.4 Å². The normalized spacial score (nSPS) is 36.3. The standard InChI is InChI=1S/C7H13NO4/c1-11-6-3-4(9)2-5(12-6)7(8)10/h4-6,9H,2-3H2,1H3,(H2,8,10). The lowest BCUT2D eigenvalue weighted by atomic mass is 10.1. The van der Waals surface area contributed by atoms with E-state index in [1.54, 1.807) is 0 Å². The Bertz CT molecular complexity index is 173. The average Bonchev–Trinajstić information content (AvgIpc) is 2.03. The lowest BCUT2D eigenvalue weighted by Crippen LogP contribution is -2.43. The van der Waals surface area contributed by atoms with Gasteiger partial charge in [0.1, 0.15) is 6.10 Å². The van der Waals surface area contributed by atoms with Crippen LogP contribution in [0.1, 0.15) is 12.8 Å². The lowest BCUT2D eigenvalue weighted by molar-refractivity contribution is -0.203. The quantitative estimate of drug-likeness (QED) is 0.563. The number of aliphatic hydroxyl groups is 1. The van der Waals surface area contributed by atoms with E-state index in [1.165, 1.54) is 7.11 Å². The molecule has 3 N–H and O–H groups in total. The monoisotopic (exact) mass is 175 g/mol. The first-order chi connectivity index (χ1) is 5.63. The van der Waals surface area contributed by atoms with Gasteiger partial charge in [0.2, 0.25) is 5.91 Å². The molecular weight excluding hydrogens is 162 g/mol. The SMILES string of the molecule is COC1CC(O)CC(C(N)=O)O1. The Kier molecular flexibility index (Phi) is 3.02. The van der Waals surface area contributed by atoms with Gasteiger partial charge in [0, 0.05) is 20.0 Å². The Morgan fingerprint density at radius 3 is 2.83 bits per heavy atom. The summed E-state index contributed by atoms with van der Waals surface area (Å²) < 4.78 is 9.96. The van der Waals surface area contributed by atoms with Crippen LogP contribution in [0.15, 0.2) is 0 Å². The van der Waals surface area contributed by atoms with E-state index in [2.05, 4.69) is 0 Å². The molecule has 0 aromatic carbocycles. The number of carbonyl (C=O) groups is 1. The largest absolute Gasteiger partial charge is 0.393 e. The van der Waals surface area contributed by atoms with Crippen LogP contribution in [0.5, 0.6) is 0 Å². The van der Waals surface area contributed by atoms with Crippen molar-refractivity contribution in [2.75, 3.05) is 7.11 Å². The topological polar surface area (TPSA) is 81.8 Å². The molecule has 1 rings (SSSR count). The first-order valence-electron chi connectivity index (χ1n) is 3.79. The molecular formula is C7H13NO4. The van der Waals surface area contributed by atoms with Crippen molar-refractivity contribution in [3.05, 3.63) is 0 Å². The van der Waals surface area contributed by atoms with E-state index in [0.717, 1.165) is 0 Å². The Morgan fingerprint density at radius 2 is 2.33 bits per heavy atom. The van der Waals surface area contributed by atoms with Gasteiger partial charge >= 0.3 is 0 Å². The zero-order chi connectivity index (χ0) is 9.14. The fourth-order valence-corrected chi connectivity index (χ4v) is 1.19. The van der Waals surface area contributed by atoms with E-state index in [9.17, 15) is 9.90 Å². The smallest absolute Gasteiger partial charge is 0.246 e. The van der Waals surface area contributed by atoms with Gasteiger partial charge in [0.05, 0.1) is 6.10 Å². The number of primary amides is 1. The van der Waals surface area contributed by atoms with E-state index < -0.39 is 24.4 Å². The minimum Gasteiger partial charge on any atom is -0.393 e. The average molecular weight is 175 g/mol.